The second-order valence-corrected chi connectivity index (χ2v) is 5.13. The van der Waals surface area contributed by atoms with E-state index in [1.807, 2.05) is 0 Å². The maximum Gasteiger partial charge on any atom is 0.0366 e. The van der Waals surface area contributed by atoms with Crippen molar-refractivity contribution in [1.29, 1.82) is 0 Å². The van der Waals surface area contributed by atoms with Crippen LogP contribution in [0.2, 0.25) is 0 Å². The summed E-state index contributed by atoms with van der Waals surface area (Å²) in [7, 11) is 0. The Morgan fingerprint density at radius 2 is 1.82 bits per heavy atom. The minimum absolute atomic E-state index is 0.336. The summed E-state index contributed by atoms with van der Waals surface area (Å²) in [6.45, 7) is 8.66. The van der Waals surface area contributed by atoms with Gasteiger partial charge in [-0.25, -0.2) is 0 Å². The van der Waals surface area contributed by atoms with Crippen LogP contribution in [0, 0.1) is 5.92 Å². The molecule has 0 radical (unpaired) electrons. The third-order valence-corrected chi connectivity index (χ3v) is 3.96. The van der Waals surface area contributed by atoms with Gasteiger partial charge in [0.15, 0.2) is 0 Å². The first-order chi connectivity index (χ1) is 8.17. The quantitative estimate of drug-likeness (QED) is 0.845. The molecule has 0 amide bonds. The van der Waals surface area contributed by atoms with Crippen LogP contribution < -0.4 is 10.6 Å². The van der Waals surface area contributed by atoms with Gasteiger partial charge in [-0.1, -0.05) is 12.1 Å². The van der Waals surface area contributed by atoms with Gasteiger partial charge in [-0.2, -0.15) is 0 Å². The zero-order chi connectivity index (χ0) is 12.4. The minimum atomic E-state index is 0.336. The normalized spacial score (nSPS) is 24.5. The molecule has 0 saturated heterocycles. The fourth-order valence-electron chi connectivity index (χ4n) is 2.70. The second kappa shape index (κ2) is 5.09. The average molecular weight is 232 g/mol. The van der Waals surface area contributed by atoms with Crippen LogP contribution >= 0.6 is 0 Å². The van der Waals surface area contributed by atoms with Crippen molar-refractivity contribution in [1.82, 2.24) is 0 Å². The maximum absolute atomic E-state index is 5.94. The molecular weight excluding hydrogens is 208 g/mol. The number of nitrogens with zero attached hydrogens (tertiary/aromatic N) is 1. The highest BCUT2D eigenvalue weighted by Gasteiger charge is 2.40. The van der Waals surface area contributed by atoms with Crippen molar-refractivity contribution in [2.75, 3.05) is 18.0 Å². The largest absolute Gasteiger partial charge is 0.372 e. The zero-order valence-corrected chi connectivity index (χ0v) is 11.2. The van der Waals surface area contributed by atoms with Gasteiger partial charge in [0.05, 0.1) is 0 Å². The predicted molar refractivity (Wildman–Crippen MR) is 74.5 cm³/mol. The number of benzene rings is 1. The molecule has 2 heteroatoms. The monoisotopic (exact) mass is 232 g/mol. The molecule has 0 unspecified atom stereocenters. The van der Waals surface area contributed by atoms with Gasteiger partial charge in [-0.3, -0.25) is 0 Å². The number of hydrogen-bond acceptors (Lipinski definition) is 2. The van der Waals surface area contributed by atoms with E-state index in [9.17, 15) is 0 Å². The minimum Gasteiger partial charge on any atom is -0.372 e. The van der Waals surface area contributed by atoms with E-state index in [4.69, 9.17) is 5.73 Å². The molecule has 0 spiro atoms. The van der Waals surface area contributed by atoms with Crippen molar-refractivity contribution in [3.05, 3.63) is 29.8 Å². The molecule has 17 heavy (non-hydrogen) atoms. The van der Waals surface area contributed by atoms with Gasteiger partial charge in [0.1, 0.15) is 0 Å². The Labute approximate surface area is 105 Å². The molecular formula is C15H24N2. The smallest absolute Gasteiger partial charge is 0.0366 e. The van der Waals surface area contributed by atoms with Gasteiger partial charge in [-0.15, -0.1) is 0 Å². The molecule has 2 rings (SSSR count). The molecule has 1 aliphatic rings. The van der Waals surface area contributed by atoms with Crippen LogP contribution in [-0.4, -0.2) is 19.1 Å². The van der Waals surface area contributed by atoms with E-state index in [1.54, 1.807) is 0 Å². The lowest BCUT2D eigenvalue weighted by molar-refractivity contribution is 0.631. The summed E-state index contributed by atoms with van der Waals surface area (Å²) in [6, 6.07) is 9.39. The fourth-order valence-corrected chi connectivity index (χ4v) is 2.70. The standard InChI is InChI=1S/C15H24N2/c1-4-17(5-2)13-8-6-12(7-9-13)15-10-14(15)11(3)16/h6-9,11,14-15H,4-5,10,16H2,1-3H3/t11-,14+,15-/m1/s1. The second-order valence-electron chi connectivity index (χ2n) is 5.13. The molecule has 1 aliphatic carbocycles. The van der Waals surface area contributed by atoms with E-state index in [0.717, 1.165) is 13.1 Å². The molecule has 0 aliphatic heterocycles. The van der Waals surface area contributed by atoms with Crippen LogP contribution in [0.4, 0.5) is 5.69 Å². The van der Waals surface area contributed by atoms with Gasteiger partial charge in [0.2, 0.25) is 0 Å². The maximum atomic E-state index is 5.94. The Balaban J connectivity index is 2.04. The molecule has 1 aromatic rings. The summed E-state index contributed by atoms with van der Waals surface area (Å²) < 4.78 is 0. The number of rotatable bonds is 5. The molecule has 3 atom stereocenters. The summed E-state index contributed by atoms with van der Waals surface area (Å²) in [6.07, 6.45) is 1.27. The van der Waals surface area contributed by atoms with Crippen molar-refractivity contribution in [2.45, 2.75) is 39.2 Å². The molecule has 0 heterocycles. The van der Waals surface area contributed by atoms with Gasteiger partial charge < -0.3 is 10.6 Å². The predicted octanol–water partition coefficient (Wildman–Crippen LogP) is 2.98. The van der Waals surface area contributed by atoms with Crippen molar-refractivity contribution in [2.24, 2.45) is 11.7 Å². The first kappa shape index (κ1) is 12.4. The first-order valence-corrected chi connectivity index (χ1v) is 6.77. The Bertz CT molecular complexity index is 352. The number of hydrogen-bond donors (Lipinski definition) is 1. The van der Waals surface area contributed by atoms with E-state index in [-0.39, 0.29) is 0 Å². The summed E-state index contributed by atoms with van der Waals surface area (Å²) in [5.41, 5.74) is 8.73. The highest BCUT2D eigenvalue weighted by Crippen LogP contribution is 2.49. The third-order valence-electron chi connectivity index (χ3n) is 3.96. The van der Waals surface area contributed by atoms with Gasteiger partial charge in [-0.05, 0) is 56.7 Å². The molecule has 1 saturated carbocycles. The van der Waals surface area contributed by atoms with Gasteiger partial charge in [0.25, 0.3) is 0 Å². The molecule has 1 aromatic carbocycles. The van der Waals surface area contributed by atoms with E-state index in [2.05, 4.69) is 49.9 Å². The van der Waals surface area contributed by atoms with E-state index >= 15 is 0 Å². The summed E-state index contributed by atoms with van der Waals surface area (Å²) in [4.78, 5) is 2.37. The van der Waals surface area contributed by atoms with Crippen molar-refractivity contribution in [3.63, 3.8) is 0 Å². The SMILES string of the molecule is CCN(CC)c1ccc([C@H]2C[C@H]2[C@@H](C)N)cc1. The van der Waals surface area contributed by atoms with Gasteiger partial charge in [0, 0.05) is 24.8 Å². The van der Waals surface area contributed by atoms with Crippen LogP contribution in [0.25, 0.3) is 0 Å². The molecule has 94 valence electrons. The zero-order valence-electron chi connectivity index (χ0n) is 11.2. The molecule has 2 nitrogen and oxygen atoms in total. The van der Waals surface area contributed by atoms with E-state index in [1.165, 1.54) is 17.7 Å². The highest BCUT2D eigenvalue weighted by molar-refractivity contribution is 5.48. The van der Waals surface area contributed by atoms with Crippen LogP contribution in [0.15, 0.2) is 24.3 Å². The molecule has 0 aromatic heterocycles. The summed E-state index contributed by atoms with van der Waals surface area (Å²) in [5.74, 6) is 1.41. The molecule has 2 N–H and O–H groups in total. The first-order valence-electron chi connectivity index (χ1n) is 6.77. The summed E-state index contributed by atoms with van der Waals surface area (Å²) in [5, 5.41) is 0. The van der Waals surface area contributed by atoms with Crippen LogP contribution in [0.5, 0.6) is 0 Å². The lowest BCUT2D eigenvalue weighted by Crippen LogP contribution is -2.21. The lowest BCUT2D eigenvalue weighted by atomic mass is 10.1. The van der Waals surface area contributed by atoms with Crippen molar-refractivity contribution in [3.8, 4) is 0 Å². The molecule has 0 bridgehead atoms. The van der Waals surface area contributed by atoms with Crippen LogP contribution in [0.3, 0.4) is 0 Å². The van der Waals surface area contributed by atoms with Gasteiger partial charge >= 0.3 is 0 Å². The Hall–Kier alpha value is -1.02. The topological polar surface area (TPSA) is 29.3 Å². The van der Waals surface area contributed by atoms with Crippen molar-refractivity contribution < 1.29 is 0 Å². The highest BCUT2D eigenvalue weighted by atomic mass is 15.1. The average Bonchev–Trinajstić information content (AvgIpc) is 3.12. The summed E-state index contributed by atoms with van der Waals surface area (Å²) >= 11 is 0. The van der Waals surface area contributed by atoms with Crippen molar-refractivity contribution >= 4 is 5.69 Å². The Kier molecular flexibility index (Phi) is 3.72. The molecule has 1 fully saturated rings. The Morgan fingerprint density at radius 3 is 2.24 bits per heavy atom. The number of anilines is 1. The number of nitrogens with two attached hydrogens (primary N) is 1. The van der Waals surface area contributed by atoms with E-state index in [0.29, 0.717) is 17.9 Å². The van der Waals surface area contributed by atoms with Crippen LogP contribution in [0.1, 0.15) is 38.7 Å². The fraction of sp³-hybridized carbons (Fsp3) is 0.600. The van der Waals surface area contributed by atoms with E-state index < -0.39 is 0 Å². The third kappa shape index (κ3) is 2.63. The lowest BCUT2D eigenvalue weighted by Gasteiger charge is -2.21. The van der Waals surface area contributed by atoms with Crippen LogP contribution in [-0.2, 0) is 0 Å². The Morgan fingerprint density at radius 1 is 1.24 bits per heavy atom.